The monoisotopic (exact) mass is 513 g/mol. The highest BCUT2D eigenvalue weighted by molar-refractivity contribution is 5.80. The van der Waals surface area contributed by atoms with Gasteiger partial charge in [0.25, 0.3) is 0 Å². The Kier molecular flexibility index (Phi) is 7.77. The molecule has 4 nitrogen and oxygen atoms in total. The third kappa shape index (κ3) is 4.88. The average Bonchev–Trinajstić information content (AvgIpc) is 3.25. The van der Waals surface area contributed by atoms with Crippen LogP contribution in [0.1, 0.15) is 96.6 Å². The zero-order valence-corrected chi connectivity index (χ0v) is 23.4. The molecule has 9 atom stereocenters. The lowest BCUT2D eigenvalue weighted by atomic mass is 9.49. The van der Waals surface area contributed by atoms with Crippen molar-refractivity contribution in [2.24, 2.45) is 40.9 Å². The second-order valence-electron chi connectivity index (χ2n) is 13.1. The number of hydrogen-bond donors (Lipinski definition) is 1. The highest BCUT2D eigenvalue weighted by Gasteiger charge is 2.59. The fraction of sp³-hybridized carbons (Fsp3) is 0.781. The lowest BCUT2D eigenvalue weighted by Gasteiger charge is -2.57. The van der Waals surface area contributed by atoms with Gasteiger partial charge in [-0.1, -0.05) is 26.0 Å². The number of aliphatic hydroxyl groups is 1. The predicted octanol–water partition coefficient (Wildman–Crippen LogP) is 6.77. The molecule has 1 amide bonds. The Bertz CT molecular complexity index is 952. The Hall–Kier alpha value is -1.46. The van der Waals surface area contributed by atoms with Crippen molar-refractivity contribution in [3.63, 3.8) is 0 Å². The van der Waals surface area contributed by atoms with Crippen LogP contribution in [-0.2, 0) is 9.53 Å². The summed E-state index contributed by atoms with van der Waals surface area (Å²) < 4.78 is 19.2. The summed E-state index contributed by atoms with van der Waals surface area (Å²) in [7, 11) is 1.96. The summed E-state index contributed by atoms with van der Waals surface area (Å²) in [6.45, 7) is 7.68. The van der Waals surface area contributed by atoms with E-state index in [9.17, 15) is 14.3 Å². The predicted molar refractivity (Wildman–Crippen MR) is 144 cm³/mol. The first kappa shape index (κ1) is 27.1. The Morgan fingerprint density at radius 2 is 1.78 bits per heavy atom. The van der Waals surface area contributed by atoms with Gasteiger partial charge in [-0.05, 0) is 124 Å². The van der Waals surface area contributed by atoms with Gasteiger partial charge in [0.2, 0.25) is 5.91 Å². The number of ether oxygens (including phenoxy) is 1. The van der Waals surface area contributed by atoms with E-state index in [1.54, 1.807) is 0 Å². The molecule has 5 heteroatoms. The van der Waals surface area contributed by atoms with Crippen LogP contribution >= 0.6 is 0 Å². The van der Waals surface area contributed by atoms with Gasteiger partial charge in [0, 0.05) is 19.6 Å². The Morgan fingerprint density at radius 3 is 2.49 bits per heavy atom. The second-order valence-corrected chi connectivity index (χ2v) is 13.1. The molecule has 37 heavy (non-hydrogen) atoms. The van der Waals surface area contributed by atoms with Crippen molar-refractivity contribution in [3.8, 4) is 0 Å². The molecule has 0 bridgehead atoms. The number of carbonyl (C=O) groups excluding carboxylic acids is 1. The van der Waals surface area contributed by atoms with Crippen LogP contribution in [0.4, 0.5) is 4.39 Å². The number of carbonyl (C=O) groups is 1. The minimum atomic E-state index is -0.636. The van der Waals surface area contributed by atoms with Crippen molar-refractivity contribution in [1.82, 2.24) is 4.90 Å². The number of hydrogen-bond acceptors (Lipinski definition) is 3. The van der Waals surface area contributed by atoms with Crippen LogP contribution in [0.5, 0.6) is 0 Å². The van der Waals surface area contributed by atoms with Gasteiger partial charge in [0.15, 0.2) is 0 Å². The lowest BCUT2D eigenvalue weighted by molar-refractivity contribution is -0.147. The van der Waals surface area contributed by atoms with Crippen LogP contribution in [0, 0.1) is 46.7 Å². The normalized spacial score (nSPS) is 39.8. The topological polar surface area (TPSA) is 49.8 Å². The molecule has 0 saturated heterocycles. The molecule has 0 unspecified atom stereocenters. The first-order chi connectivity index (χ1) is 17.7. The van der Waals surface area contributed by atoms with E-state index in [2.05, 4.69) is 13.8 Å². The van der Waals surface area contributed by atoms with Crippen molar-refractivity contribution in [2.45, 2.75) is 96.6 Å². The maximum atomic E-state index is 14.0. The molecule has 0 radical (unpaired) electrons. The summed E-state index contributed by atoms with van der Waals surface area (Å²) >= 11 is 0. The van der Waals surface area contributed by atoms with Crippen LogP contribution in [0.15, 0.2) is 24.3 Å². The van der Waals surface area contributed by atoms with E-state index >= 15 is 0 Å². The van der Waals surface area contributed by atoms with E-state index in [-0.39, 0.29) is 29.1 Å². The van der Waals surface area contributed by atoms with Crippen molar-refractivity contribution >= 4 is 5.91 Å². The third-order valence-corrected chi connectivity index (χ3v) is 11.4. The molecule has 0 aliphatic heterocycles. The third-order valence-electron chi connectivity index (χ3n) is 11.4. The van der Waals surface area contributed by atoms with E-state index in [4.69, 9.17) is 4.74 Å². The number of amides is 1. The molecule has 4 aliphatic rings. The Morgan fingerprint density at radius 1 is 1.05 bits per heavy atom. The fourth-order valence-corrected chi connectivity index (χ4v) is 9.61. The number of benzene rings is 1. The van der Waals surface area contributed by atoms with Gasteiger partial charge in [-0.3, -0.25) is 4.79 Å². The first-order valence-electron chi connectivity index (χ1n) is 15.0. The quantitative estimate of drug-likeness (QED) is 0.438. The minimum Gasteiger partial charge on any atom is -0.387 e. The van der Waals surface area contributed by atoms with Crippen LogP contribution in [0.25, 0.3) is 0 Å². The lowest BCUT2D eigenvalue weighted by Crippen LogP contribution is -2.53. The summed E-state index contributed by atoms with van der Waals surface area (Å²) in [5, 5.41) is 11.2. The van der Waals surface area contributed by atoms with Crippen LogP contribution in [-0.4, -0.2) is 41.8 Å². The van der Waals surface area contributed by atoms with Gasteiger partial charge < -0.3 is 14.7 Å². The molecule has 0 aromatic heterocycles. The van der Waals surface area contributed by atoms with E-state index in [0.29, 0.717) is 25.0 Å². The number of nitrogens with zero attached hydrogens (tertiary/aromatic N) is 1. The summed E-state index contributed by atoms with van der Waals surface area (Å²) in [5.74, 6) is 3.58. The van der Waals surface area contributed by atoms with Gasteiger partial charge in [-0.25, -0.2) is 4.39 Å². The second kappa shape index (κ2) is 10.6. The maximum Gasteiger partial charge on any atom is 0.226 e. The molecule has 1 aromatic carbocycles. The van der Waals surface area contributed by atoms with Crippen molar-refractivity contribution in [1.29, 1.82) is 0 Å². The van der Waals surface area contributed by atoms with Crippen LogP contribution in [0.3, 0.4) is 0 Å². The zero-order valence-electron chi connectivity index (χ0n) is 23.4. The van der Waals surface area contributed by atoms with Gasteiger partial charge in [0.05, 0.1) is 18.2 Å². The standard InChI is InChI=1S/C32H48FNO3/c1-5-29(21-7-10-23(33)11-8-21)34(4)30(35)28-14-13-27-26-12-9-22-19-32(36,20-37-6-2)18-16-24(22)25(26)15-17-31(27,28)3/h7-8,10-11,22,24-29,36H,5-6,9,12-20H2,1-4H3/t22-,24+,25-,26-,27+,28-,29-,31+,32-/m1/s1. The molecule has 5 rings (SSSR count). The summed E-state index contributed by atoms with van der Waals surface area (Å²) in [4.78, 5) is 16.0. The molecular formula is C32H48FNO3. The molecular weight excluding hydrogens is 465 g/mol. The van der Waals surface area contributed by atoms with Crippen molar-refractivity contribution in [2.75, 3.05) is 20.3 Å². The number of rotatable bonds is 7. The number of halogens is 1. The molecule has 4 saturated carbocycles. The van der Waals surface area contributed by atoms with Crippen molar-refractivity contribution in [3.05, 3.63) is 35.6 Å². The summed E-state index contributed by atoms with van der Waals surface area (Å²) in [5.41, 5.74) is 0.455. The van der Waals surface area contributed by atoms with E-state index in [1.165, 1.54) is 37.8 Å². The molecule has 0 heterocycles. The number of fused-ring (bicyclic) bond motifs is 5. The first-order valence-corrected chi connectivity index (χ1v) is 15.0. The van der Waals surface area contributed by atoms with Gasteiger partial charge >= 0.3 is 0 Å². The largest absolute Gasteiger partial charge is 0.387 e. The van der Waals surface area contributed by atoms with Gasteiger partial charge in [-0.15, -0.1) is 0 Å². The van der Waals surface area contributed by atoms with Gasteiger partial charge in [0.1, 0.15) is 5.82 Å². The van der Waals surface area contributed by atoms with E-state index in [0.717, 1.165) is 61.8 Å². The molecule has 1 aromatic rings. The molecule has 206 valence electrons. The van der Waals surface area contributed by atoms with Crippen LogP contribution < -0.4 is 0 Å². The molecule has 4 aliphatic carbocycles. The average molecular weight is 514 g/mol. The van der Waals surface area contributed by atoms with E-state index < -0.39 is 5.60 Å². The summed E-state index contributed by atoms with van der Waals surface area (Å²) in [6.07, 6.45) is 10.7. The Labute approximate surface area is 223 Å². The molecule has 1 N–H and O–H groups in total. The maximum absolute atomic E-state index is 14.0. The molecule has 4 fully saturated rings. The smallest absolute Gasteiger partial charge is 0.226 e. The van der Waals surface area contributed by atoms with Crippen LogP contribution in [0.2, 0.25) is 0 Å². The minimum absolute atomic E-state index is 0.0137. The van der Waals surface area contributed by atoms with E-state index in [1.807, 2.05) is 31.0 Å². The highest BCUT2D eigenvalue weighted by Crippen LogP contribution is 2.65. The van der Waals surface area contributed by atoms with Crippen molar-refractivity contribution < 1.29 is 19.0 Å². The Balaban J connectivity index is 1.28. The highest BCUT2D eigenvalue weighted by atomic mass is 19.1. The zero-order chi connectivity index (χ0) is 26.4. The fourth-order valence-electron chi connectivity index (χ4n) is 9.61. The summed E-state index contributed by atoms with van der Waals surface area (Å²) in [6, 6.07) is 6.65. The SMILES string of the molecule is CCOC[C@@]1(O)CC[C@H]2[C@H](CC[C@@H]3[C@@H]2CC[C@]2(C)[C@@H](C(=O)N(C)[C@H](CC)c4ccc(F)cc4)CC[C@@H]32)C1. The molecule has 0 spiro atoms. The van der Waals surface area contributed by atoms with Gasteiger partial charge in [-0.2, -0.15) is 0 Å².